The summed E-state index contributed by atoms with van der Waals surface area (Å²) in [6.07, 6.45) is 2.37. The molecule has 0 radical (unpaired) electrons. The summed E-state index contributed by atoms with van der Waals surface area (Å²) in [7, 11) is 2.06. The van der Waals surface area contributed by atoms with E-state index in [1.54, 1.807) is 0 Å². The van der Waals surface area contributed by atoms with Gasteiger partial charge in [-0.1, -0.05) is 13.3 Å². The van der Waals surface area contributed by atoms with Gasteiger partial charge >= 0.3 is 5.97 Å². The first-order valence-corrected chi connectivity index (χ1v) is 7.65. The van der Waals surface area contributed by atoms with Crippen molar-refractivity contribution in [2.24, 2.45) is 17.8 Å². The quantitative estimate of drug-likeness (QED) is 0.847. The second-order valence-corrected chi connectivity index (χ2v) is 6.41. The molecule has 1 saturated carbocycles. The predicted molar refractivity (Wildman–Crippen MR) is 76.3 cm³/mol. The van der Waals surface area contributed by atoms with Gasteiger partial charge in [0.1, 0.15) is 0 Å². The molecule has 1 N–H and O–H groups in total. The molecule has 5 nitrogen and oxygen atoms in total. The van der Waals surface area contributed by atoms with E-state index in [9.17, 15) is 14.7 Å². The summed E-state index contributed by atoms with van der Waals surface area (Å²) in [4.78, 5) is 28.2. The summed E-state index contributed by atoms with van der Waals surface area (Å²) in [6.45, 7) is 6.49. The lowest BCUT2D eigenvalue weighted by molar-refractivity contribution is -0.150. The van der Waals surface area contributed by atoms with E-state index < -0.39 is 11.9 Å². The third-order valence-electron chi connectivity index (χ3n) is 5.14. The van der Waals surface area contributed by atoms with E-state index in [0.29, 0.717) is 18.4 Å². The van der Waals surface area contributed by atoms with E-state index in [1.807, 2.05) is 4.90 Å². The molecule has 2 aliphatic rings. The molecule has 5 heteroatoms. The number of carbonyl (C=O) groups excluding carboxylic acids is 1. The normalized spacial score (nSPS) is 35.2. The van der Waals surface area contributed by atoms with Crippen LogP contribution in [0.1, 0.15) is 33.1 Å². The van der Waals surface area contributed by atoms with Crippen molar-refractivity contribution in [2.45, 2.75) is 39.2 Å². The molecule has 1 saturated heterocycles. The SMILES string of the molecule is CCC1C[C@H](C(=O)N2CCN(C)C(C)C2)[C@H](C(=O)O)C1. The van der Waals surface area contributed by atoms with Crippen molar-refractivity contribution >= 4 is 11.9 Å². The van der Waals surface area contributed by atoms with Gasteiger partial charge in [0, 0.05) is 25.7 Å². The number of nitrogens with zero attached hydrogens (tertiary/aromatic N) is 2. The molecule has 0 aromatic heterocycles. The molecule has 1 aliphatic carbocycles. The number of hydrogen-bond donors (Lipinski definition) is 1. The lowest BCUT2D eigenvalue weighted by atomic mass is 9.94. The molecular weight excluding hydrogens is 256 g/mol. The van der Waals surface area contributed by atoms with Crippen LogP contribution in [0.15, 0.2) is 0 Å². The number of carboxylic acid groups (broad SMARTS) is 1. The molecule has 1 amide bonds. The molecule has 2 fully saturated rings. The summed E-state index contributed by atoms with van der Waals surface area (Å²) in [5.41, 5.74) is 0. The van der Waals surface area contributed by atoms with Gasteiger partial charge in [0.25, 0.3) is 0 Å². The van der Waals surface area contributed by atoms with Crippen LogP contribution in [0.4, 0.5) is 0 Å². The van der Waals surface area contributed by atoms with Gasteiger partial charge in [-0.2, -0.15) is 0 Å². The van der Waals surface area contributed by atoms with Crippen LogP contribution in [0.25, 0.3) is 0 Å². The summed E-state index contributed by atoms with van der Waals surface area (Å²) in [5, 5.41) is 9.36. The topological polar surface area (TPSA) is 60.9 Å². The zero-order chi connectivity index (χ0) is 14.9. The largest absolute Gasteiger partial charge is 0.481 e. The standard InChI is InChI=1S/C15H26N2O3/c1-4-11-7-12(13(8-11)15(19)20)14(18)17-6-5-16(3)10(2)9-17/h10-13H,4-9H2,1-3H3,(H,19,20)/t10?,11?,12-,13+/m0/s1. The first-order chi connectivity index (χ1) is 9.43. The monoisotopic (exact) mass is 282 g/mol. The van der Waals surface area contributed by atoms with E-state index in [1.165, 1.54) is 0 Å². The second kappa shape index (κ2) is 6.12. The maximum Gasteiger partial charge on any atom is 0.307 e. The Morgan fingerprint density at radius 1 is 1.20 bits per heavy atom. The van der Waals surface area contributed by atoms with Crippen molar-refractivity contribution in [2.75, 3.05) is 26.7 Å². The average molecular weight is 282 g/mol. The Balaban J connectivity index is 2.05. The Hall–Kier alpha value is -1.10. The maximum atomic E-state index is 12.7. The highest BCUT2D eigenvalue weighted by Gasteiger charge is 2.44. The molecular formula is C15H26N2O3. The van der Waals surface area contributed by atoms with Crippen LogP contribution in [0.5, 0.6) is 0 Å². The fraction of sp³-hybridized carbons (Fsp3) is 0.867. The van der Waals surface area contributed by atoms with Gasteiger partial charge in [-0.3, -0.25) is 9.59 Å². The number of amides is 1. The highest BCUT2D eigenvalue weighted by molar-refractivity contribution is 5.85. The first kappa shape index (κ1) is 15.3. The molecule has 114 valence electrons. The van der Waals surface area contributed by atoms with E-state index >= 15 is 0 Å². The highest BCUT2D eigenvalue weighted by atomic mass is 16.4. The summed E-state index contributed by atoms with van der Waals surface area (Å²) < 4.78 is 0. The molecule has 0 aromatic rings. The van der Waals surface area contributed by atoms with Crippen LogP contribution in [0.2, 0.25) is 0 Å². The van der Waals surface area contributed by atoms with Crippen LogP contribution < -0.4 is 0 Å². The average Bonchev–Trinajstić information content (AvgIpc) is 2.85. The molecule has 4 atom stereocenters. The number of likely N-dealkylation sites (N-methyl/N-ethyl adjacent to an activating group) is 1. The molecule has 1 heterocycles. The van der Waals surface area contributed by atoms with Crippen molar-refractivity contribution in [3.8, 4) is 0 Å². The number of rotatable bonds is 3. The van der Waals surface area contributed by atoms with Crippen LogP contribution in [-0.2, 0) is 9.59 Å². The van der Waals surface area contributed by atoms with E-state index in [0.717, 1.165) is 32.5 Å². The van der Waals surface area contributed by atoms with Crippen molar-refractivity contribution < 1.29 is 14.7 Å². The lowest BCUT2D eigenvalue weighted by Gasteiger charge is -2.39. The van der Waals surface area contributed by atoms with Crippen molar-refractivity contribution in [3.63, 3.8) is 0 Å². The fourth-order valence-electron chi connectivity index (χ4n) is 3.51. The van der Waals surface area contributed by atoms with Crippen LogP contribution in [-0.4, -0.2) is 59.5 Å². The molecule has 1 aliphatic heterocycles. The number of carboxylic acids is 1. The first-order valence-electron chi connectivity index (χ1n) is 7.65. The van der Waals surface area contributed by atoms with Gasteiger partial charge in [0.05, 0.1) is 11.8 Å². The minimum atomic E-state index is -0.804. The number of hydrogen-bond acceptors (Lipinski definition) is 3. The molecule has 0 aromatic carbocycles. The Morgan fingerprint density at radius 3 is 2.40 bits per heavy atom. The van der Waals surface area contributed by atoms with Crippen molar-refractivity contribution in [3.05, 3.63) is 0 Å². The molecule has 0 bridgehead atoms. The smallest absolute Gasteiger partial charge is 0.307 e. The molecule has 0 spiro atoms. The lowest BCUT2D eigenvalue weighted by Crippen LogP contribution is -2.53. The summed E-state index contributed by atoms with van der Waals surface area (Å²) >= 11 is 0. The summed E-state index contributed by atoms with van der Waals surface area (Å²) in [6, 6.07) is 0.347. The van der Waals surface area contributed by atoms with Gasteiger partial charge in [0.15, 0.2) is 0 Å². The fourth-order valence-corrected chi connectivity index (χ4v) is 3.51. The molecule has 20 heavy (non-hydrogen) atoms. The second-order valence-electron chi connectivity index (χ2n) is 6.41. The van der Waals surface area contributed by atoms with Crippen LogP contribution >= 0.6 is 0 Å². The van der Waals surface area contributed by atoms with Crippen LogP contribution in [0, 0.1) is 17.8 Å². The minimum absolute atomic E-state index is 0.0632. The number of carbonyl (C=O) groups is 2. The summed E-state index contributed by atoms with van der Waals surface area (Å²) in [5.74, 6) is -1.15. The number of piperazine rings is 1. The number of aliphatic carboxylic acids is 1. The third-order valence-corrected chi connectivity index (χ3v) is 5.14. The Kier molecular flexibility index (Phi) is 4.68. The highest BCUT2D eigenvalue weighted by Crippen LogP contribution is 2.39. The van der Waals surface area contributed by atoms with Crippen molar-refractivity contribution in [1.29, 1.82) is 0 Å². The molecule has 2 rings (SSSR count). The van der Waals surface area contributed by atoms with E-state index in [4.69, 9.17) is 0 Å². The minimum Gasteiger partial charge on any atom is -0.481 e. The van der Waals surface area contributed by atoms with E-state index in [2.05, 4.69) is 25.8 Å². The van der Waals surface area contributed by atoms with Crippen LogP contribution in [0.3, 0.4) is 0 Å². The van der Waals surface area contributed by atoms with Crippen molar-refractivity contribution in [1.82, 2.24) is 9.80 Å². The van der Waals surface area contributed by atoms with Gasteiger partial charge < -0.3 is 14.9 Å². The maximum absolute atomic E-state index is 12.7. The zero-order valence-corrected chi connectivity index (χ0v) is 12.7. The van der Waals surface area contributed by atoms with Gasteiger partial charge in [-0.15, -0.1) is 0 Å². The Bertz CT molecular complexity index is 385. The van der Waals surface area contributed by atoms with E-state index in [-0.39, 0.29) is 11.8 Å². The Morgan fingerprint density at radius 2 is 1.85 bits per heavy atom. The zero-order valence-electron chi connectivity index (χ0n) is 12.7. The Labute approximate surface area is 120 Å². The van der Waals surface area contributed by atoms with Gasteiger partial charge in [0.2, 0.25) is 5.91 Å². The van der Waals surface area contributed by atoms with Gasteiger partial charge in [-0.05, 0) is 32.7 Å². The molecule has 2 unspecified atom stereocenters. The van der Waals surface area contributed by atoms with Gasteiger partial charge in [-0.25, -0.2) is 0 Å². The predicted octanol–water partition coefficient (Wildman–Crippen LogP) is 1.29. The third kappa shape index (κ3) is 2.97.